The van der Waals surface area contributed by atoms with Crippen LogP contribution in [0.2, 0.25) is 0 Å². The van der Waals surface area contributed by atoms with Crippen LogP contribution in [0.1, 0.15) is 28.7 Å². The number of rotatable bonds is 5. The predicted molar refractivity (Wildman–Crippen MR) is 109 cm³/mol. The van der Waals surface area contributed by atoms with E-state index >= 15 is 0 Å². The summed E-state index contributed by atoms with van der Waals surface area (Å²) in [6.45, 7) is 0. The van der Waals surface area contributed by atoms with Crippen LogP contribution in [0, 0.1) is 5.92 Å². The molecule has 0 aromatic heterocycles. The lowest BCUT2D eigenvalue weighted by atomic mass is 9.83. The van der Waals surface area contributed by atoms with E-state index < -0.39 is 5.97 Å². The zero-order valence-electron chi connectivity index (χ0n) is 15.4. The third-order valence-electron chi connectivity index (χ3n) is 5.61. The highest BCUT2D eigenvalue weighted by Crippen LogP contribution is 2.27. The number of benzene rings is 3. The summed E-state index contributed by atoms with van der Waals surface area (Å²) in [5.41, 5.74) is 7.74. The molecule has 3 aromatic carbocycles. The van der Waals surface area contributed by atoms with Crippen LogP contribution in [-0.2, 0) is 30.5 Å². The first-order valence-corrected chi connectivity index (χ1v) is 9.67. The van der Waals surface area contributed by atoms with Gasteiger partial charge in [0.25, 0.3) is 0 Å². The van der Waals surface area contributed by atoms with Crippen molar-refractivity contribution in [3.8, 4) is 11.1 Å². The van der Waals surface area contributed by atoms with Crippen LogP contribution in [0.5, 0.6) is 0 Å². The number of carboxylic acids is 1. The Balaban J connectivity index is 1.40. The van der Waals surface area contributed by atoms with Gasteiger partial charge in [0.2, 0.25) is 0 Å². The molecule has 0 bridgehead atoms. The fraction of sp³-hybridized carbons (Fsp3) is 0.240. The quantitative estimate of drug-likeness (QED) is 0.671. The van der Waals surface area contributed by atoms with Gasteiger partial charge >= 0.3 is 5.97 Å². The minimum atomic E-state index is -0.663. The summed E-state index contributed by atoms with van der Waals surface area (Å²) in [6.07, 6.45) is 4.34. The molecule has 0 spiro atoms. The van der Waals surface area contributed by atoms with Gasteiger partial charge in [-0.3, -0.25) is 4.79 Å². The molecule has 136 valence electrons. The first-order chi connectivity index (χ1) is 13.2. The molecule has 1 unspecified atom stereocenters. The van der Waals surface area contributed by atoms with Crippen LogP contribution in [0.3, 0.4) is 0 Å². The third kappa shape index (κ3) is 4.11. The average molecular weight is 356 g/mol. The van der Waals surface area contributed by atoms with Gasteiger partial charge in [0.1, 0.15) is 0 Å². The summed E-state index contributed by atoms with van der Waals surface area (Å²) >= 11 is 0. The van der Waals surface area contributed by atoms with Gasteiger partial charge in [0, 0.05) is 0 Å². The van der Waals surface area contributed by atoms with Crippen LogP contribution in [0.4, 0.5) is 0 Å². The molecule has 0 saturated heterocycles. The maximum atomic E-state index is 11.2. The molecule has 2 nitrogen and oxygen atoms in total. The summed E-state index contributed by atoms with van der Waals surface area (Å²) < 4.78 is 0. The normalized spacial score (nSPS) is 15.9. The zero-order chi connectivity index (χ0) is 18.6. The van der Waals surface area contributed by atoms with E-state index in [1.54, 1.807) is 0 Å². The first kappa shape index (κ1) is 17.5. The molecular weight excluding hydrogens is 332 g/mol. The van der Waals surface area contributed by atoms with Gasteiger partial charge < -0.3 is 5.11 Å². The van der Waals surface area contributed by atoms with Gasteiger partial charge in [-0.15, -0.1) is 0 Å². The molecule has 3 aromatic rings. The standard InChI is InChI=1S/C25H24O2/c26-25(27)24-15-14-22-16-19(10-13-23(22)17-24)7-6-18-8-11-21(12-9-18)20-4-2-1-3-5-20/h1-5,8-13,16,24H,6-7,14-15,17H2,(H,26,27). The lowest BCUT2D eigenvalue weighted by Gasteiger charge is -2.22. The van der Waals surface area contributed by atoms with Crippen molar-refractivity contribution < 1.29 is 9.90 Å². The average Bonchev–Trinajstić information content (AvgIpc) is 2.72. The topological polar surface area (TPSA) is 37.3 Å². The molecule has 0 fully saturated rings. The lowest BCUT2D eigenvalue weighted by Crippen LogP contribution is -2.22. The highest BCUT2D eigenvalue weighted by Gasteiger charge is 2.24. The third-order valence-corrected chi connectivity index (χ3v) is 5.61. The first-order valence-electron chi connectivity index (χ1n) is 9.67. The Labute approximate surface area is 160 Å². The Kier molecular flexibility index (Phi) is 5.06. The Morgan fingerprint density at radius 2 is 1.48 bits per heavy atom. The molecule has 0 heterocycles. The summed E-state index contributed by atoms with van der Waals surface area (Å²) in [7, 11) is 0. The minimum Gasteiger partial charge on any atom is -0.481 e. The monoisotopic (exact) mass is 356 g/mol. The smallest absolute Gasteiger partial charge is 0.306 e. The predicted octanol–water partition coefficient (Wildman–Crippen LogP) is 5.33. The molecule has 2 heteroatoms. The number of aliphatic carboxylic acids is 1. The summed E-state index contributed by atoms with van der Waals surface area (Å²) in [5.74, 6) is -0.879. The highest BCUT2D eigenvalue weighted by molar-refractivity contribution is 5.71. The molecule has 0 saturated carbocycles. The Morgan fingerprint density at radius 3 is 2.22 bits per heavy atom. The molecule has 1 atom stereocenters. The second-order valence-corrected chi connectivity index (χ2v) is 7.44. The highest BCUT2D eigenvalue weighted by atomic mass is 16.4. The number of fused-ring (bicyclic) bond motifs is 1. The second-order valence-electron chi connectivity index (χ2n) is 7.44. The van der Waals surface area contributed by atoms with Crippen LogP contribution < -0.4 is 0 Å². The van der Waals surface area contributed by atoms with E-state index in [-0.39, 0.29) is 5.92 Å². The van der Waals surface area contributed by atoms with Gasteiger partial charge in [0.15, 0.2) is 0 Å². The number of carbonyl (C=O) groups is 1. The Hall–Kier alpha value is -2.87. The molecule has 1 aliphatic carbocycles. The van der Waals surface area contributed by atoms with Crippen molar-refractivity contribution in [1.82, 2.24) is 0 Å². The van der Waals surface area contributed by atoms with Crippen molar-refractivity contribution in [3.05, 3.63) is 95.1 Å². The zero-order valence-corrected chi connectivity index (χ0v) is 15.4. The lowest BCUT2D eigenvalue weighted by molar-refractivity contribution is -0.142. The number of hydrogen-bond acceptors (Lipinski definition) is 1. The number of carboxylic acid groups (broad SMARTS) is 1. The van der Waals surface area contributed by atoms with Crippen molar-refractivity contribution in [2.75, 3.05) is 0 Å². The Bertz CT molecular complexity index is 926. The molecular formula is C25H24O2. The molecule has 27 heavy (non-hydrogen) atoms. The summed E-state index contributed by atoms with van der Waals surface area (Å²) in [6, 6.07) is 25.9. The summed E-state index contributed by atoms with van der Waals surface area (Å²) in [4.78, 5) is 11.2. The largest absolute Gasteiger partial charge is 0.481 e. The maximum Gasteiger partial charge on any atom is 0.306 e. The van der Waals surface area contributed by atoms with Crippen LogP contribution in [0.25, 0.3) is 11.1 Å². The van der Waals surface area contributed by atoms with E-state index in [1.807, 2.05) is 6.07 Å². The molecule has 1 aliphatic rings. The fourth-order valence-electron chi connectivity index (χ4n) is 3.96. The molecule has 4 rings (SSSR count). The van der Waals surface area contributed by atoms with Crippen molar-refractivity contribution in [3.63, 3.8) is 0 Å². The van der Waals surface area contributed by atoms with Crippen molar-refractivity contribution in [1.29, 1.82) is 0 Å². The van der Waals surface area contributed by atoms with Gasteiger partial charge in [-0.05, 0) is 65.5 Å². The molecule has 1 N–H and O–H groups in total. The van der Waals surface area contributed by atoms with Gasteiger partial charge in [-0.2, -0.15) is 0 Å². The number of aryl methyl sites for hydroxylation is 3. The maximum absolute atomic E-state index is 11.2. The molecule has 0 aliphatic heterocycles. The van der Waals surface area contributed by atoms with Gasteiger partial charge in [-0.1, -0.05) is 72.8 Å². The van der Waals surface area contributed by atoms with E-state index in [0.717, 1.165) is 25.7 Å². The van der Waals surface area contributed by atoms with Crippen molar-refractivity contribution >= 4 is 5.97 Å². The van der Waals surface area contributed by atoms with Crippen LogP contribution in [-0.4, -0.2) is 11.1 Å². The van der Waals surface area contributed by atoms with E-state index in [9.17, 15) is 9.90 Å². The van der Waals surface area contributed by atoms with Crippen molar-refractivity contribution in [2.45, 2.75) is 32.1 Å². The molecule has 0 radical (unpaired) electrons. The van der Waals surface area contributed by atoms with E-state index in [1.165, 1.54) is 33.4 Å². The summed E-state index contributed by atoms with van der Waals surface area (Å²) in [5, 5.41) is 9.22. The van der Waals surface area contributed by atoms with E-state index in [4.69, 9.17) is 0 Å². The van der Waals surface area contributed by atoms with E-state index in [2.05, 4.69) is 66.7 Å². The Morgan fingerprint density at radius 1 is 0.815 bits per heavy atom. The van der Waals surface area contributed by atoms with E-state index in [0.29, 0.717) is 6.42 Å². The van der Waals surface area contributed by atoms with Gasteiger partial charge in [0.05, 0.1) is 5.92 Å². The van der Waals surface area contributed by atoms with Crippen molar-refractivity contribution in [2.24, 2.45) is 5.92 Å². The minimum absolute atomic E-state index is 0.216. The van der Waals surface area contributed by atoms with Crippen LogP contribution in [0.15, 0.2) is 72.8 Å². The second kappa shape index (κ2) is 7.79. The SMILES string of the molecule is O=C(O)C1CCc2cc(CCc3ccc(-c4ccccc4)cc3)ccc2C1. The fourth-order valence-corrected chi connectivity index (χ4v) is 3.96. The van der Waals surface area contributed by atoms with Crippen LogP contribution >= 0.6 is 0 Å². The molecule has 0 amide bonds. The van der Waals surface area contributed by atoms with Gasteiger partial charge in [-0.25, -0.2) is 0 Å². The number of hydrogen-bond donors (Lipinski definition) is 1.